The second kappa shape index (κ2) is 6.91. The van der Waals surface area contributed by atoms with E-state index in [9.17, 15) is 0 Å². The van der Waals surface area contributed by atoms with E-state index in [1.807, 2.05) is 30.3 Å². The first-order valence-electron chi connectivity index (χ1n) is 5.98. The van der Waals surface area contributed by atoms with Gasteiger partial charge in [-0.3, -0.25) is 5.43 Å². The van der Waals surface area contributed by atoms with Crippen molar-refractivity contribution < 1.29 is 0 Å². The third-order valence-electron chi connectivity index (χ3n) is 2.34. The van der Waals surface area contributed by atoms with Crippen molar-refractivity contribution in [2.75, 3.05) is 5.32 Å². The van der Waals surface area contributed by atoms with Crippen molar-refractivity contribution in [1.29, 1.82) is 0 Å². The lowest BCUT2D eigenvalue weighted by atomic mass is 10.1. The first-order chi connectivity index (χ1) is 8.11. The largest absolute Gasteiger partial charge is 0.325 e. The van der Waals surface area contributed by atoms with Gasteiger partial charge in [-0.1, -0.05) is 32.0 Å². The molecule has 1 rings (SSSR count). The second-order valence-electron chi connectivity index (χ2n) is 4.59. The third kappa shape index (κ3) is 5.36. The normalized spacial score (nSPS) is 13.6. The van der Waals surface area contributed by atoms with E-state index in [1.165, 1.54) is 0 Å². The van der Waals surface area contributed by atoms with Crippen LogP contribution in [-0.2, 0) is 0 Å². The van der Waals surface area contributed by atoms with E-state index >= 15 is 0 Å². The van der Waals surface area contributed by atoms with E-state index < -0.39 is 0 Å². The Morgan fingerprint density at radius 2 is 1.88 bits per heavy atom. The summed E-state index contributed by atoms with van der Waals surface area (Å²) in [7, 11) is 0. The predicted molar refractivity (Wildman–Crippen MR) is 73.7 cm³/mol. The molecule has 17 heavy (non-hydrogen) atoms. The topological polar surface area (TPSA) is 62.4 Å². The molecular formula is C13H22N4. The van der Waals surface area contributed by atoms with Gasteiger partial charge in [-0.15, -0.1) is 0 Å². The maximum atomic E-state index is 5.46. The molecule has 0 amide bonds. The number of guanidine groups is 1. The zero-order valence-corrected chi connectivity index (χ0v) is 10.8. The van der Waals surface area contributed by atoms with Crippen LogP contribution in [0.15, 0.2) is 35.3 Å². The van der Waals surface area contributed by atoms with Crippen LogP contribution in [0.1, 0.15) is 27.2 Å². The Kier molecular flexibility index (Phi) is 5.49. The van der Waals surface area contributed by atoms with Crippen LogP contribution in [-0.4, -0.2) is 12.0 Å². The fraction of sp³-hybridized carbons (Fsp3) is 0.462. The quantitative estimate of drug-likeness (QED) is 0.324. The van der Waals surface area contributed by atoms with Crippen molar-refractivity contribution in [2.24, 2.45) is 16.8 Å². The van der Waals surface area contributed by atoms with Crippen LogP contribution >= 0.6 is 0 Å². The third-order valence-corrected chi connectivity index (χ3v) is 2.34. The average Bonchev–Trinajstić information content (AvgIpc) is 2.28. The number of hydrazine groups is 1. The van der Waals surface area contributed by atoms with Crippen LogP contribution in [0.2, 0.25) is 0 Å². The van der Waals surface area contributed by atoms with Gasteiger partial charge >= 0.3 is 0 Å². The summed E-state index contributed by atoms with van der Waals surface area (Å²) < 4.78 is 0. The van der Waals surface area contributed by atoms with Crippen molar-refractivity contribution in [1.82, 2.24) is 5.43 Å². The van der Waals surface area contributed by atoms with Gasteiger partial charge in [0.2, 0.25) is 5.96 Å². The van der Waals surface area contributed by atoms with Crippen LogP contribution in [0.4, 0.5) is 5.69 Å². The molecule has 0 saturated carbocycles. The number of hydrogen-bond donors (Lipinski definition) is 3. The van der Waals surface area contributed by atoms with Crippen molar-refractivity contribution in [2.45, 2.75) is 33.2 Å². The van der Waals surface area contributed by atoms with Crippen molar-refractivity contribution in [3.05, 3.63) is 30.3 Å². The number of para-hydroxylation sites is 1. The van der Waals surface area contributed by atoms with Gasteiger partial charge in [0.15, 0.2) is 0 Å². The maximum Gasteiger partial charge on any atom is 0.210 e. The number of nitrogens with two attached hydrogens (primary N) is 1. The van der Waals surface area contributed by atoms with Gasteiger partial charge in [0.1, 0.15) is 0 Å². The minimum absolute atomic E-state index is 0.247. The molecule has 1 atom stereocenters. The van der Waals surface area contributed by atoms with Gasteiger partial charge in [-0.25, -0.2) is 10.8 Å². The van der Waals surface area contributed by atoms with Crippen molar-refractivity contribution in [3.63, 3.8) is 0 Å². The maximum absolute atomic E-state index is 5.46. The summed E-state index contributed by atoms with van der Waals surface area (Å²) in [4.78, 5) is 4.50. The van der Waals surface area contributed by atoms with Gasteiger partial charge in [0.05, 0.1) is 6.04 Å². The summed E-state index contributed by atoms with van der Waals surface area (Å²) in [6.07, 6.45) is 1.04. The monoisotopic (exact) mass is 234 g/mol. The molecule has 0 saturated heterocycles. The predicted octanol–water partition coefficient (Wildman–Crippen LogP) is 2.35. The van der Waals surface area contributed by atoms with Crippen LogP contribution in [0.25, 0.3) is 0 Å². The van der Waals surface area contributed by atoms with E-state index in [2.05, 4.69) is 36.5 Å². The van der Waals surface area contributed by atoms with Crippen molar-refractivity contribution >= 4 is 11.6 Å². The SMILES string of the molecule is CC(C)CC(C)N=C(NN)Nc1ccccc1. The number of hydrogen-bond acceptors (Lipinski definition) is 2. The molecule has 0 heterocycles. The Labute approximate surface area is 103 Å². The standard InChI is InChI=1S/C13H22N4/c1-10(2)9-11(3)15-13(17-14)16-12-7-5-4-6-8-12/h4-8,10-11H,9,14H2,1-3H3,(H2,15,16,17). The number of anilines is 1. The van der Waals surface area contributed by atoms with Crippen LogP contribution in [0.3, 0.4) is 0 Å². The molecule has 0 bridgehead atoms. The molecule has 0 radical (unpaired) electrons. The lowest BCUT2D eigenvalue weighted by Crippen LogP contribution is -2.37. The Morgan fingerprint density at radius 1 is 1.24 bits per heavy atom. The number of nitrogens with one attached hydrogen (secondary N) is 2. The number of nitrogens with zero attached hydrogens (tertiary/aromatic N) is 1. The Hall–Kier alpha value is -1.55. The molecule has 1 aromatic rings. The molecule has 0 aliphatic heterocycles. The molecule has 1 aromatic carbocycles. The summed E-state index contributed by atoms with van der Waals surface area (Å²) in [5, 5.41) is 3.15. The van der Waals surface area contributed by atoms with E-state index in [1.54, 1.807) is 0 Å². The number of benzene rings is 1. The van der Waals surface area contributed by atoms with Gasteiger partial charge in [0.25, 0.3) is 0 Å². The highest BCUT2D eigenvalue weighted by Crippen LogP contribution is 2.08. The van der Waals surface area contributed by atoms with Crippen LogP contribution in [0.5, 0.6) is 0 Å². The van der Waals surface area contributed by atoms with Gasteiger partial charge in [-0.2, -0.15) is 0 Å². The highest BCUT2D eigenvalue weighted by Gasteiger charge is 2.05. The van der Waals surface area contributed by atoms with Gasteiger partial charge in [-0.05, 0) is 31.4 Å². The molecule has 0 aromatic heterocycles. The molecule has 0 aliphatic rings. The molecule has 0 aliphatic carbocycles. The van der Waals surface area contributed by atoms with Crippen LogP contribution in [0, 0.1) is 5.92 Å². The highest BCUT2D eigenvalue weighted by molar-refractivity contribution is 5.93. The smallest absolute Gasteiger partial charge is 0.210 e. The second-order valence-corrected chi connectivity index (χ2v) is 4.59. The highest BCUT2D eigenvalue weighted by atomic mass is 15.3. The van der Waals surface area contributed by atoms with E-state index in [-0.39, 0.29) is 6.04 Å². The summed E-state index contributed by atoms with van der Waals surface area (Å²) in [6.45, 7) is 6.46. The lowest BCUT2D eigenvalue weighted by Gasteiger charge is -2.13. The first kappa shape index (κ1) is 13.5. The minimum atomic E-state index is 0.247. The van der Waals surface area contributed by atoms with E-state index in [0.29, 0.717) is 11.9 Å². The zero-order valence-electron chi connectivity index (χ0n) is 10.8. The lowest BCUT2D eigenvalue weighted by molar-refractivity contribution is 0.520. The minimum Gasteiger partial charge on any atom is -0.325 e. The molecule has 4 N–H and O–H groups in total. The van der Waals surface area contributed by atoms with E-state index in [0.717, 1.165) is 12.1 Å². The Morgan fingerprint density at radius 3 is 2.41 bits per heavy atom. The zero-order chi connectivity index (χ0) is 12.7. The van der Waals surface area contributed by atoms with Crippen LogP contribution < -0.4 is 16.6 Å². The van der Waals surface area contributed by atoms with Crippen molar-refractivity contribution in [3.8, 4) is 0 Å². The average molecular weight is 234 g/mol. The molecule has 94 valence electrons. The van der Waals surface area contributed by atoms with Gasteiger partial charge < -0.3 is 5.32 Å². The molecule has 4 nitrogen and oxygen atoms in total. The Bertz CT molecular complexity index is 346. The summed E-state index contributed by atoms with van der Waals surface area (Å²) in [5.74, 6) is 6.69. The van der Waals surface area contributed by atoms with Gasteiger partial charge in [0, 0.05) is 5.69 Å². The summed E-state index contributed by atoms with van der Waals surface area (Å²) >= 11 is 0. The molecular weight excluding hydrogens is 212 g/mol. The summed E-state index contributed by atoms with van der Waals surface area (Å²) in [6, 6.07) is 10.1. The molecule has 1 unspecified atom stereocenters. The Balaban J connectivity index is 2.62. The fourth-order valence-electron chi connectivity index (χ4n) is 1.72. The number of aliphatic imine (C=N–C) groups is 1. The molecule has 0 spiro atoms. The first-order valence-corrected chi connectivity index (χ1v) is 5.98. The fourth-order valence-corrected chi connectivity index (χ4v) is 1.72. The van der Waals surface area contributed by atoms with E-state index in [4.69, 9.17) is 5.84 Å². The summed E-state index contributed by atoms with van der Waals surface area (Å²) in [5.41, 5.74) is 3.57. The molecule has 0 fully saturated rings. The molecule has 4 heteroatoms. The number of rotatable bonds is 4.